The summed E-state index contributed by atoms with van der Waals surface area (Å²) in [6, 6.07) is 10.0. The van der Waals surface area contributed by atoms with E-state index in [9.17, 15) is 0 Å². The first kappa shape index (κ1) is 39.2. The zero-order valence-corrected chi connectivity index (χ0v) is 33.8. The minimum atomic E-state index is -0.128. The number of hydrogen-bond donors (Lipinski definition) is 0. The number of hydrogen-bond acceptors (Lipinski definition) is 4. The lowest BCUT2D eigenvalue weighted by molar-refractivity contribution is 0.115. The molecule has 0 aliphatic heterocycles. The maximum absolute atomic E-state index is 6.81. The normalized spacial score (nSPS) is 23.0. The molecule has 4 heteroatoms. The second kappa shape index (κ2) is 15.3. The van der Waals surface area contributed by atoms with Crippen LogP contribution in [-0.4, -0.2) is 31.3 Å². The predicted molar refractivity (Wildman–Crippen MR) is 212 cm³/mol. The molecular formula is C45H70N2O2. The molecule has 0 aromatic heterocycles. The van der Waals surface area contributed by atoms with E-state index in [1.165, 1.54) is 60.8 Å². The molecule has 0 radical (unpaired) electrons. The summed E-state index contributed by atoms with van der Waals surface area (Å²) >= 11 is 0. The van der Waals surface area contributed by atoms with Crippen molar-refractivity contribution in [1.82, 2.24) is 0 Å². The molecule has 2 fully saturated rings. The van der Waals surface area contributed by atoms with Crippen LogP contribution >= 0.6 is 0 Å². The number of rotatable bonds is 8. The van der Waals surface area contributed by atoms with Crippen molar-refractivity contribution in [3.05, 3.63) is 57.6 Å². The second-order valence-corrected chi connectivity index (χ2v) is 19.5. The molecule has 2 aliphatic carbocycles. The molecule has 2 aliphatic rings. The average molecular weight is 671 g/mol. The van der Waals surface area contributed by atoms with Crippen molar-refractivity contribution in [1.29, 1.82) is 0 Å². The van der Waals surface area contributed by atoms with Crippen LogP contribution in [0.4, 0.5) is 0 Å². The van der Waals surface area contributed by atoms with Gasteiger partial charge in [-0.15, -0.1) is 0 Å². The largest absolute Gasteiger partial charge is 0.456 e. The SMILES string of the molecule is CC1CCCCC1N=Cc1cc(C(C)(C)C)cc(C(C)(C)C)c1OCOc1c(C=NC2CCCCC2C)cc(C(C)(C)C)cc1C(C)(C)C. The molecule has 4 unspecified atom stereocenters. The number of ether oxygens (including phenoxy) is 2. The van der Waals surface area contributed by atoms with Gasteiger partial charge >= 0.3 is 0 Å². The Bertz CT molecular complexity index is 1360. The minimum absolute atomic E-state index is 0.00374. The summed E-state index contributed by atoms with van der Waals surface area (Å²) in [5, 5.41) is 0. The molecule has 2 aromatic rings. The highest BCUT2D eigenvalue weighted by Crippen LogP contribution is 2.41. The van der Waals surface area contributed by atoms with Gasteiger partial charge in [0.15, 0.2) is 0 Å². The maximum Gasteiger partial charge on any atom is 0.230 e. The summed E-state index contributed by atoms with van der Waals surface area (Å²) in [5.74, 6) is 2.97. The fourth-order valence-electron chi connectivity index (χ4n) is 7.33. The molecule has 49 heavy (non-hydrogen) atoms. The van der Waals surface area contributed by atoms with Gasteiger partial charge in [0.1, 0.15) is 11.5 Å². The Labute approximate surface area is 301 Å². The van der Waals surface area contributed by atoms with Crippen molar-refractivity contribution < 1.29 is 9.47 Å². The van der Waals surface area contributed by atoms with E-state index in [0.29, 0.717) is 23.9 Å². The number of nitrogens with zero attached hydrogens (tertiary/aromatic N) is 2. The third kappa shape index (κ3) is 10.2. The summed E-state index contributed by atoms with van der Waals surface area (Å²) in [6.07, 6.45) is 14.2. The van der Waals surface area contributed by atoms with Gasteiger partial charge in [-0.05, 0) is 82.4 Å². The molecule has 0 N–H and O–H groups in total. The fraction of sp³-hybridized carbons (Fsp3) is 0.689. The van der Waals surface area contributed by atoms with Crippen molar-refractivity contribution in [2.75, 3.05) is 6.79 Å². The topological polar surface area (TPSA) is 43.2 Å². The van der Waals surface area contributed by atoms with Crippen molar-refractivity contribution in [3.8, 4) is 11.5 Å². The van der Waals surface area contributed by atoms with Gasteiger partial charge in [0.05, 0.1) is 12.1 Å². The second-order valence-electron chi connectivity index (χ2n) is 19.5. The standard InChI is InChI=1S/C45H70N2O2/c1-30-19-15-17-21-38(30)46-27-32-23-34(42(3,4)5)25-36(44(9,10)11)40(32)48-29-49-41-33(28-47-39-22-18-16-20-31(39)2)24-35(43(6,7)8)26-37(41)45(12,13)14/h23-28,30-31,38-39H,15-22,29H2,1-14H3. The smallest absolute Gasteiger partial charge is 0.230 e. The molecule has 4 nitrogen and oxygen atoms in total. The average Bonchev–Trinajstić information content (AvgIpc) is 2.98. The quantitative estimate of drug-likeness (QED) is 0.207. The first-order valence-corrected chi connectivity index (χ1v) is 19.4. The summed E-state index contributed by atoms with van der Waals surface area (Å²) < 4.78 is 13.6. The summed E-state index contributed by atoms with van der Waals surface area (Å²) in [7, 11) is 0. The highest BCUT2D eigenvalue weighted by Gasteiger charge is 2.29. The van der Waals surface area contributed by atoms with Crippen LogP contribution in [0.15, 0.2) is 34.3 Å². The summed E-state index contributed by atoms with van der Waals surface area (Å²) in [4.78, 5) is 10.4. The summed E-state index contributed by atoms with van der Waals surface area (Å²) in [5.41, 5.74) is 6.80. The third-order valence-corrected chi connectivity index (χ3v) is 10.9. The molecule has 0 saturated heterocycles. The van der Waals surface area contributed by atoms with E-state index >= 15 is 0 Å². The lowest BCUT2D eigenvalue weighted by atomic mass is 9.79. The first-order chi connectivity index (χ1) is 22.7. The van der Waals surface area contributed by atoms with Crippen LogP contribution in [0.1, 0.15) is 182 Å². The zero-order chi connectivity index (χ0) is 36.4. The Kier molecular flexibility index (Phi) is 12.2. The fourth-order valence-corrected chi connectivity index (χ4v) is 7.33. The molecular weight excluding hydrogens is 601 g/mol. The van der Waals surface area contributed by atoms with E-state index < -0.39 is 0 Å². The van der Waals surface area contributed by atoms with Crippen LogP contribution in [0.3, 0.4) is 0 Å². The van der Waals surface area contributed by atoms with Crippen molar-refractivity contribution >= 4 is 12.4 Å². The number of benzene rings is 2. The van der Waals surface area contributed by atoms with Gasteiger partial charge in [-0.25, -0.2) is 0 Å². The molecule has 0 amide bonds. The van der Waals surface area contributed by atoms with Gasteiger partial charge in [-0.3, -0.25) is 9.98 Å². The van der Waals surface area contributed by atoms with Gasteiger partial charge in [-0.1, -0.05) is 135 Å². The van der Waals surface area contributed by atoms with Crippen LogP contribution in [0.5, 0.6) is 11.5 Å². The van der Waals surface area contributed by atoms with Crippen molar-refractivity contribution in [2.45, 2.75) is 182 Å². The van der Waals surface area contributed by atoms with Gasteiger partial charge < -0.3 is 9.47 Å². The van der Waals surface area contributed by atoms with Gasteiger partial charge in [-0.2, -0.15) is 0 Å². The summed E-state index contributed by atoms with van der Waals surface area (Å²) in [6.45, 7) is 32.2. The Morgan fingerprint density at radius 3 is 1.18 bits per heavy atom. The third-order valence-electron chi connectivity index (χ3n) is 10.9. The van der Waals surface area contributed by atoms with Crippen LogP contribution < -0.4 is 9.47 Å². The Balaban J connectivity index is 1.78. The van der Waals surface area contributed by atoms with E-state index in [1.54, 1.807) is 0 Å². The molecule has 2 saturated carbocycles. The van der Waals surface area contributed by atoms with Crippen LogP contribution in [0.25, 0.3) is 0 Å². The first-order valence-electron chi connectivity index (χ1n) is 19.4. The monoisotopic (exact) mass is 671 g/mol. The lowest BCUT2D eigenvalue weighted by Gasteiger charge is -2.30. The lowest BCUT2D eigenvalue weighted by Crippen LogP contribution is -2.23. The van der Waals surface area contributed by atoms with E-state index in [1.807, 2.05) is 0 Å². The zero-order valence-electron chi connectivity index (χ0n) is 33.8. The van der Waals surface area contributed by atoms with E-state index in [4.69, 9.17) is 19.5 Å². The van der Waals surface area contributed by atoms with Crippen LogP contribution in [0, 0.1) is 11.8 Å². The number of aliphatic imine (C=N–C) groups is 2. The van der Waals surface area contributed by atoms with Crippen LogP contribution in [-0.2, 0) is 21.7 Å². The molecule has 272 valence electrons. The molecule has 0 heterocycles. The molecule has 2 aromatic carbocycles. The predicted octanol–water partition coefficient (Wildman–Crippen LogP) is 12.3. The molecule has 4 rings (SSSR count). The Hall–Kier alpha value is -2.62. The highest BCUT2D eigenvalue weighted by molar-refractivity contribution is 5.86. The molecule has 4 atom stereocenters. The molecule has 0 spiro atoms. The van der Waals surface area contributed by atoms with Gasteiger partial charge in [0, 0.05) is 34.7 Å². The highest BCUT2D eigenvalue weighted by atomic mass is 16.7. The van der Waals surface area contributed by atoms with Crippen LogP contribution in [0.2, 0.25) is 0 Å². The van der Waals surface area contributed by atoms with Crippen molar-refractivity contribution in [3.63, 3.8) is 0 Å². The van der Waals surface area contributed by atoms with Gasteiger partial charge in [0.25, 0.3) is 0 Å². The Morgan fingerprint density at radius 1 is 0.531 bits per heavy atom. The van der Waals surface area contributed by atoms with E-state index in [2.05, 4.69) is 134 Å². The maximum atomic E-state index is 6.81. The van der Waals surface area contributed by atoms with Gasteiger partial charge in [0.2, 0.25) is 6.79 Å². The van der Waals surface area contributed by atoms with E-state index in [-0.39, 0.29) is 28.5 Å². The Morgan fingerprint density at radius 2 is 0.878 bits per heavy atom. The van der Waals surface area contributed by atoms with E-state index in [0.717, 1.165) is 35.5 Å². The molecule has 0 bridgehead atoms. The van der Waals surface area contributed by atoms with Crippen molar-refractivity contribution in [2.24, 2.45) is 21.8 Å². The minimum Gasteiger partial charge on any atom is -0.456 e.